The van der Waals surface area contributed by atoms with Gasteiger partial charge in [-0.05, 0) is 39.7 Å². The second-order valence-corrected chi connectivity index (χ2v) is 5.90. The maximum Gasteiger partial charge on any atom is 0.135 e. The van der Waals surface area contributed by atoms with E-state index in [0.29, 0.717) is 18.3 Å². The summed E-state index contributed by atoms with van der Waals surface area (Å²) in [6.45, 7) is 6.78. The topological polar surface area (TPSA) is 39.9 Å². The van der Waals surface area contributed by atoms with Gasteiger partial charge in [-0.2, -0.15) is 0 Å². The molecule has 0 amide bonds. The van der Waals surface area contributed by atoms with Gasteiger partial charge in [-0.15, -0.1) is 0 Å². The number of aliphatic hydroxyl groups is 1. The van der Waals surface area contributed by atoms with Crippen LogP contribution >= 0.6 is 0 Å². The largest absolute Gasteiger partial charge is 0.458 e. The zero-order chi connectivity index (χ0) is 15.4. The molecule has 0 saturated carbocycles. The van der Waals surface area contributed by atoms with Crippen molar-refractivity contribution in [3.63, 3.8) is 0 Å². The van der Waals surface area contributed by atoms with Gasteiger partial charge in [0.25, 0.3) is 0 Å². The van der Waals surface area contributed by atoms with Gasteiger partial charge in [0.05, 0.1) is 0 Å². The number of para-hydroxylation sites is 1. The van der Waals surface area contributed by atoms with Crippen molar-refractivity contribution < 1.29 is 9.52 Å². The molecule has 0 bridgehead atoms. The van der Waals surface area contributed by atoms with Gasteiger partial charge < -0.3 is 14.4 Å². The molecule has 2 atom stereocenters. The van der Waals surface area contributed by atoms with Crippen LogP contribution in [0.1, 0.15) is 25.7 Å². The van der Waals surface area contributed by atoms with Crippen molar-refractivity contribution in [2.24, 2.45) is 0 Å². The van der Waals surface area contributed by atoms with Gasteiger partial charge in [0.2, 0.25) is 0 Å². The summed E-state index contributed by atoms with van der Waals surface area (Å²) >= 11 is 0. The van der Waals surface area contributed by atoms with Crippen LogP contribution in [0.5, 0.6) is 0 Å². The second kappa shape index (κ2) is 7.07. The average Bonchev–Trinajstić information content (AvgIpc) is 2.87. The van der Waals surface area contributed by atoms with Crippen molar-refractivity contribution in [1.29, 1.82) is 0 Å². The van der Waals surface area contributed by atoms with Crippen molar-refractivity contribution in [1.82, 2.24) is 9.80 Å². The summed E-state index contributed by atoms with van der Waals surface area (Å²) in [4.78, 5) is 4.44. The highest BCUT2D eigenvalue weighted by Gasteiger charge is 2.20. The number of furan rings is 1. The van der Waals surface area contributed by atoms with E-state index in [1.807, 2.05) is 30.3 Å². The molecule has 0 aliphatic carbocycles. The minimum absolute atomic E-state index is 0.393. The number of hydrogen-bond acceptors (Lipinski definition) is 4. The van der Waals surface area contributed by atoms with Crippen LogP contribution in [0.3, 0.4) is 0 Å². The van der Waals surface area contributed by atoms with E-state index in [-0.39, 0.29) is 0 Å². The van der Waals surface area contributed by atoms with Gasteiger partial charge in [-0.25, -0.2) is 0 Å². The molecule has 2 aromatic rings. The predicted molar refractivity (Wildman–Crippen MR) is 86.4 cm³/mol. The third-order valence-electron chi connectivity index (χ3n) is 3.84. The van der Waals surface area contributed by atoms with Gasteiger partial charge in [-0.3, -0.25) is 4.90 Å². The molecule has 0 radical (unpaired) electrons. The first-order valence-corrected chi connectivity index (χ1v) is 7.56. The van der Waals surface area contributed by atoms with Gasteiger partial charge in [0.1, 0.15) is 17.4 Å². The Hall–Kier alpha value is -1.36. The van der Waals surface area contributed by atoms with E-state index in [1.54, 1.807) is 0 Å². The molecule has 0 spiro atoms. The SMILES string of the molecule is CCN(CC(O)c1cc2ccccc2o1)C(C)CN(C)C. The molecule has 1 heterocycles. The molecular formula is C17H26N2O2. The minimum Gasteiger partial charge on any atom is -0.458 e. The molecule has 0 fully saturated rings. The predicted octanol–water partition coefficient (Wildman–Crippen LogP) is 2.74. The first kappa shape index (κ1) is 16.0. The molecule has 1 aromatic carbocycles. The molecular weight excluding hydrogens is 264 g/mol. The third-order valence-corrected chi connectivity index (χ3v) is 3.84. The monoisotopic (exact) mass is 290 g/mol. The molecule has 1 N–H and O–H groups in total. The zero-order valence-corrected chi connectivity index (χ0v) is 13.4. The van der Waals surface area contributed by atoms with Crippen molar-refractivity contribution in [2.75, 3.05) is 33.7 Å². The van der Waals surface area contributed by atoms with Gasteiger partial charge in [0, 0.05) is 24.5 Å². The standard InChI is InChI=1S/C17H26N2O2/c1-5-19(13(2)11-18(3)4)12-15(20)17-10-14-8-6-7-9-16(14)21-17/h6-10,13,15,20H,5,11-12H2,1-4H3. The lowest BCUT2D eigenvalue weighted by Gasteiger charge is -2.31. The fourth-order valence-electron chi connectivity index (χ4n) is 2.74. The van der Waals surface area contributed by atoms with E-state index in [4.69, 9.17) is 4.42 Å². The lowest BCUT2D eigenvalue weighted by atomic mass is 10.2. The van der Waals surface area contributed by atoms with Crippen LogP contribution < -0.4 is 0 Å². The summed E-state index contributed by atoms with van der Waals surface area (Å²) in [6, 6.07) is 10.2. The molecule has 21 heavy (non-hydrogen) atoms. The van der Waals surface area contributed by atoms with Gasteiger partial charge in [-0.1, -0.05) is 25.1 Å². The van der Waals surface area contributed by atoms with Crippen LogP contribution in [0, 0.1) is 0 Å². The first-order valence-electron chi connectivity index (χ1n) is 7.56. The molecule has 0 aliphatic heterocycles. The minimum atomic E-state index is -0.595. The highest BCUT2D eigenvalue weighted by atomic mass is 16.4. The van der Waals surface area contributed by atoms with Crippen LogP contribution in [-0.4, -0.2) is 54.7 Å². The Bertz CT molecular complexity index is 532. The molecule has 0 saturated heterocycles. The second-order valence-electron chi connectivity index (χ2n) is 5.90. The van der Waals surface area contributed by atoms with Crippen molar-refractivity contribution in [2.45, 2.75) is 26.0 Å². The number of fused-ring (bicyclic) bond motifs is 1. The highest BCUT2D eigenvalue weighted by Crippen LogP contribution is 2.24. The summed E-state index contributed by atoms with van der Waals surface area (Å²) in [5.74, 6) is 0.645. The lowest BCUT2D eigenvalue weighted by molar-refractivity contribution is 0.0731. The molecule has 4 nitrogen and oxygen atoms in total. The number of nitrogens with zero attached hydrogens (tertiary/aromatic N) is 2. The summed E-state index contributed by atoms with van der Waals surface area (Å²) in [5, 5.41) is 11.5. The maximum atomic E-state index is 10.5. The fourth-order valence-corrected chi connectivity index (χ4v) is 2.74. The van der Waals surface area contributed by atoms with E-state index in [0.717, 1.165) is 24.1 Å². The van der Waals surface area contributed by atoms with Gasteiger partial charge in [0.15, 0.2) is 0 Å². The summed E-state index contributed by atoms with van der Waals surface area (Å²) in [5.41, 5.74) is 0.830. The molecule has 4 heteroatoms. The molecule has 116 valence electrons. The van der Waals surface area contributed by atoms with Crippen LogP contribution in [0.4, 0.5) is 0 Å². The molecule has 1 aromatic heterocycles. The smallest absolute Gasteiger partial charge is 0.135 e. The fraction of sp³-hybridized carbons (Fsp3) is 0.529. The van der Waals surface area contributed by atoms with E-state index in [1.165, 1.54) is 0 Å². The van der Waals surface area contributed by atoms with Crippen LogP contribution in [-0.2, 0) is 0 Å². The zero-order valence-electron chi connectivity index (χ0n) is 13.4. The molecule has 2 rings (SSSR count). The number of rotatable bonds is 7. The maximum absolute atomic E-state index is 10.5. The van der Waals surface area contributed by atoms with E-state index < -0.39 is 6.10 Å². The third kappa shape index (κ3) is 4.06. The van der Waals surface area contributed by atoms with Crippen LogP contribution in [0.25, 0.3) is 11.0 Å². The Balaban J connectivity index is 2.06. The Labute approximate surface area is 127 Å². The van der Waals surface area contributed by atoms with E-state index >= 15 is 0 Å². The number of benzene rings is 1. The van der Waals surface area contributed by atoms with E-state index in [2.05, 4.69) is 37.7 Å². The van der Waals surface area contributed by atoms with Crippen LogP contribution in [0.15, 0.2) is 34.7 Å². The highest BCUT2D eigenvalue weighted by molar-refractivity contribution is 5.77. The number of aliphatic hydroxyl groups excluding tert-OH is 1. The molecule has 2 unspecified atom stereocenters. The van der Waals surface area contributed by atoms with Gasteiger partial charge >= 0.3 is 0 Å². The molecule has 0 aliphatic rings. The Kier molecular flexibility index (Phi) is 5.39. The van der Waals surface area contributed by atoms with Crippen molar-refractivity contribution in [3.05, 3.63) is 36.1 Å². The quantitative estimate of drug-likeness (QED) is 0.851. The van der Waals surface area contributed by atoms with Crippen molar-refractivity contribution in [3.8, 4) is 0 Å². The average molecular weight is 290 g/mol. The number of hydrogen-bond donors (Lipinski definition) is 1. The summed E-state index contributed by atoms with van der Waals surface area (Å²) in [7, 11) is 4.14. The van der Waals surface area contributed by atoms with Crippen molar-refractivity contribution >= 4 is 11.0 Å². The Morgan fingerprint density at radius 2 is 1.90 bits per heavy atom. The normalized spacial score (nSPS) is 15.0. The lowest BCUT2D eigenvalue weighted by Crippen LogP contribution is -2.42. The van der Waals surface area contributed by atoms with Crippen LogP contribution in [0.2, 0.25) is 0 Å². The van der Waals surface area contributed by atoms with E-state index in [9.17, 15) is 5.11 Å². The Morgan fingerprint density at radius 1 is 1.19 bits per heavy atom. The first-order chi connectivity index (χ1) is 10.0. The number of likely N-dealkylation sites (N-methyl/N-ethyl adjacent to an activating group) is 2. The summed E-state index contributed by atoms with van der Waals surface area (Å²) in [6.07, 6.45) is -0.595. The summed E-state index contributed by atoms with van der Waals surface area (Å²) < 4.78 is 5.75. The Morgan fingerprint density at radius 3 is 2.52 bits per heavy atom.